The molecule has 182 valence electrons. The molecule has 4 heterocycles. The van der Waals surface area contributed by atoms with Crippen LogP contribution in [0.1, 0.15) is 11.3 Å². The molecular formula is C28H26N4O3S. The Bertz CT molecular complexity index is 1480. The normalized spacial score (nSPS) is 14.5. The van der Waals surface area contributed by atoms with E-state index in [4.69, 9.17) is 9.47 Å². The first-order chi connectivity index (χ1) is 17.6. The van der Waals surface area contributed by atoms with Gasteiger partial charge in [-0.15, -0.1) is 0 Å². The fourth-order valence-electron chi connectivity index (χ4n) is 4.52. The summed E-state index contributed by atoms with van der Waals surface area (Å²) in [4.78, 5) is 24.1. The number of rotatable bonds is 5. The van der Waals surface area contributed by atoms with E-state index in [1.165, 1.54) is 5.56 Å². The smallest absolute Gasteiger partial charge is 0.250 e. The molecule has 6 rings (SSSR count). The van der Waals surface area contributed by atoms with Crippen LogP contribution in [-0.2, 0) is 11.3 Å². The first-order valence-corrected chi connectivity index (χ1v) is 12.8. The van der Waals surface area contributed by atoms with Gasteiger partial charge in [0, 0.05) is 54.5 Å². The van der Waals surface area contributed by atoms with Crippen LogP contribution in [0, 0.1) is 6.92 Å². The lowest BCUT2D eigenvalue weighted by molar-refractivity contribution is 0.122. The van der Waals surface area contributed by atoms with Gasteiger partial charge in [-0.05, 0) is 61.0 Å². The third-order valence-electron chi connectivity index (χ3n) is 6.31. The first kappa shape index (κ1) is 22.7. The summed E-state index contributed by atoms with van der Waals surface area (Å²) in [6, 6.07) is 20.0. The lowest BCUT2D eigenvalue weighted by atomic mass is 10.1. The van der Waals surface area contributed by atoms with Gasteiger partial charge in [0.05, 0.1) is 28.7 Å². The maximum Gasteiger partial charge on any atom is 0.250 e. The van der Waals surface area contributed by atoms with Gasteiger partial charge in [-0.25, -0.2) is 0 Å². The summed E-state index contributed by atoms with van der Waals surface area (Å²) >= 11 is 1.67. The van der Waals surface area contributed by atoms with E-state index in [0.717, 1.165) is 69.3 Å². The molecule has 0 atom stereocenters. The van der Waals surface area contributed by atoms with Gasteiger partial charge in [0.1, 0.15) is 5.75 Å². The zero-order chi connectivity index (χ0) is 24.5. The van der Waals surface area contributed by atoms with E-state index in [1.54, 1.807) is 17.8 Å². The molecule has 7 nitrogen and oxygen atoms in total. The number of aryl methyl sites for hydroxylation is 1. The van der Waals surface area contributed by atoms with Gasteiger partial charge in [0.25, 0.3) is 0 Å². The number of aromatic amines is 1. The molecule has 2 aliphatic rings. The number of hydrogen-bond acceptors (Lipinski definition) is 7. The number of aromatic nitrogens is 2. The number of hydrogen-bond donors (Lipinski definition) is 2. The van der Waals surface area contributed by atoms with Crippen molar-refractivity contribution in [3.63, 3.8) is 0 Å². The third-order valence-corrected chi connectivity index (χ3v) is 7.39. The van der Waals surface area contributed by atoms with Crippen LogP contribution < -0.4 is 20.5 Å². The van der Waals surface area contributed by atoms with Crippen LogP contribution in [0.3, 0.4) is 0 Å². The number of para-hydroxylation sites is 1. The molecule has 2 aromatic carbocycles. The van der Waals surface area contributed by atoms with Crippen LogP contribution in [0.4, 0.5) is 11.4 Å². The number of morpholine rings is 1. The summed E-state index contributed by atoms with van der Waals surface area (Å²) in [5.74, 6) is 1.56. The van der Waals surface area contributed by atoms with E-state index in [1.807, 2.05) is 49.5 Å². The number of ether oxygens (including phenoxy) is 2. The summed E-state index contributed by atoms with van der Waals surface area (Å²) in [6.45, 7) is 5.59. The number of fused-ring (bicyclic) bond motifs is 2. The maximum atomic E-state index is 12.5. The van der Waals surface area contributed by atoms with E-state index in [-0.39, 0.29) is 5.56 Å². The number of benzene rings is 2. The Hall–Kier alpha value is -3.75. The van der Waals surface area contributed by atoms with Crippen molar-refractivity contribution in [3.8, 4) is 22.8 Å². The Morgan fingerprint density at radius 3 is 2.81 bits per heavy atom. The molecule has 1 saturated heterocycles. The topological polar surface area (TPSA) is 79.5 Å². The molecular weight excluding hydrogens is 472 g/mol. The summed E-state index contributed by atoms with van der Waals surface area (Å²) in [5, 5.41) is 3.49. The summed E-state index contributed by atoms with van der Waals surface area (Å²) in [5.41, 5.74) is 5.61. The third kappa shape index (κ3) is 4.69. The molecule has 0 bridgehead atoms. The van der Waals surface area contributed by atoms with Crippen molar-refractivity contribution in [3.05, 3.63) is 88.5 Å². The molecule has 2 aliphatic heterocycles. The quantitative estimate of drug-likeness (QED) is 0.334. The first-order valence-electron chi connectivity index (χ1n) is 12.0. The summed E-state index contributed by atoms with van der Waals surface area (Å²) in [6.07, 6.45) is 1.83. The second-order valence-corrected chi connectivity index (χ2v) is 9.96. The second kappa shape index (κ2) is 9.72. The van der Waals surface area contributed by atoms with Gasteiger partial charge >= 0.3 is 0 Å². The Morgan fingerprint density at radius 1 is 1.06 bits per heavy atom. The molecule has 0 aliphatic carbocycles. The molecule has 0 unspecified atom stereocenters. The maximum absolute atomic E-state index is 12.5. The Labute approximate surface area is 213 Å². The average Bonchev–Trinajstić information content (AvgIpc) is 2.90. The zero-order valence-electron chi connectivity index (χ0n) is 19.9. The molecule has 0 spiro atoms. The molecule has 0 radical (unpaired) electrons. The second-order valence-electron chi connectivity index (χ2n) is 8.87. The minimum absolute atomic E-state index is 0.129. The molecule has 1 fully saturated rings. The van der Waals surface area contributed by atoms with Crippen LogP contribution in [-0.4, -0.2) is 36.3 Å². The van der Waals surface area contributed by atoms with E-state index in [2.05, 4.69) is 38.4 Å². The number of H-pyrrole nitrogens is 1. The molecule has 2 aromatic heterocycles. The van der Waals surface area contributed by atoms with Crippen molar-refractivity contribution >= 4 is 23.1 Å². The minimum Gasteiger partial charge on any atom is -0.454 e. The van der Waals surface area contributed by atoms with Gasteiger partial charge in [-0.2, -0.15) is 0 Å². The lowest BCUT2D eigenvalue weighted by Gasteiger charge is -2.29. The predicted molar refractivity (Wildman–Crippen MR) is 142 cm³/mol. The van der Waals surface area contributed by atoms with Crippen LogP contribution in [0.5, 0.6) is 11.5 Å². The molecule has 2 N–H and O–H groups in total. The van der Waals surface area contributed by atoms with Crippen LogP contribution in [0.15, 0.2) is 81.4 Å². The number of nitrogens with zero attached hydrogens (tertiary/aromatic N) is 2. The molecule has 0 saturated carbocycles. The lowest BCUT2D eigenvalue weighted by Crippen LogP contribution is -2.36. The van der Waals surface area contributed by atoms with Gasteiger partial charge < -0.3 is 24.7 Å². The number of pyridine rings is 2. The fourth-order valence-corrected chi connectivity index (χ4v) is 5.54. The highest BCUT2D eigenvalue weighted by atomic mass is 32.2. The van der Waals surface area contributed by atoms with Gasteiger partial charge in [-0.3, -0.25) is 9.78 Å². The number of nitrogens with one attached hydrogen (secondary N) is 2. The standard InChI is InChI=1S/C28H26N4O3S/c1-18-13-19(7-8-29-18)17-30-20-5-6-24-26(14-20)36-25-4-2-3-22(28(25)35-24)23-15-21(16-27(33)31-23)32-9-11-34-12-10-32/h2-8,13-16,30H,9-12,17H2,1H3,(H,31,33). The van der Waals surface area contributed by atoms with Crippen LogP contribution >= 0.6 is 11.8 Å². The van der Waals surface area contributed by atoms with E-state index < -0.39 is 0 Å². The predicted octanol–water partition coefficient (Wildman–Crippen LogP) is 5.45. The SMILES string of the molecule is Cc1cc(CNc2ccc3c(c2)Sc2cccc(-c4cc(N5CCOCC5)cc(=O)[nH]4)c2O3)ccn1. The largest absolute Gasteiger partial charge is 0.454 e. The van der Waals surface area contributed by atoms with Crippen molar-refractivity contribution < 1.29 is 9.47 Å². The van der Waals surface area contributed by atoms with Crippen molar-refractivity contribution in [1.29, 1.82) is 0 Å². The zero-order valence-corrected chi connectivity index (χ0v) is 20.7. The highest BCUT2D eigenvalue weighted by Crippen LogP contribution is 2.51. The van der Waals surface area contributed by atoms with Crippen molar-refractivity contribution in [2.75, 3.05) is 36.5 Å². The highest BCUT2D eigenvalue weighted by molar-refractivity contribution is 7.99. The minimum atomic E-state index is -0.129. The Balaban J connectivity index is 1.26. The average molecular weight is 499 g/mol. The van der Waals surface area contributed by atoms with E-state index in [0.29, 0.717) is 13.2 Å². The summed E-state index contributed by atoms with van der Waals surface area (Å²) in [7, 11) is 0. The molecule has 8 heteroatoms. The van der Waals surface area contributed by atoms with Crippen molar-refractivity contribution in [2.45, 2.75) is 23.3 Å². The highest BCUT2D eigenvalue weighted by Gasteiger charge is 2.23. The van der Waals surface area contributed by atoms with Crippen LogP contribution in [0.25, 0.3) is 11.3 Å². The summed E-state index contributed by atoms with van der Waals surface area (Å²) < 4.78 is 11.9. The fraction of sp³-hybridized carbons (Fsp3) is 0.214. The van der Waals surface area contributed by atoms with Gasteiger partial charge in [0.15, 0.2) is 5.75 Å². The van der Waals surface area contributed by atoms with E-state index in [9.17, 15) is 4.79 Å². The number of anilines is 2. The molecule has 36 heavy (non-hydrogen) atoms. The molecule has 4 aromatic rings. The van der Waals surface area contributed by atoms with E-state index >= 15 is 0 Å². The Morgan fingerprint density at radius 2 is 1.94 bits per heavy atom. The molecule has 0 amide bonds. The van der Waals surface area contributed by atoms with Crippen LogP contribution in [0.2, 0.25) is 0 Å². The van der Waals surface area contributed by atoms with Crippen molar-refractivity contribution in [2.24, 2.45) is 0 Å². The monoisotopic (exact) mass is 498 g/mol. The Kier molecular flexibility index (Phi) is 6.13. The van der Waals surface area contributed by atoms with Gasteiger partial charge in [0.2, 0.25) is 5.56 Å². The van der Waals surface area contributed by atoms with Gasteiger partial charge in [-0.1, -0.05) is 17.8 Å². The van der Waals surface area contributed by atoms with Crippen molar-refractivity contribution in [1.82, 2.24) is 9.97 Å².